The molecule has 0 saturated heterocycles. The highest BCUT2D eigenvalue weighted by molar-refractivity contribution is 7.17. The second-order valence-corrected chi connectivity index (χ2v) is 6.74. The average Bonchev–Trinajstić information content (AvgIpc) is 3.26. The first kappa shape index (κ1) is 18.6. The Balaban J connectivity index is 1.73. The first-order valence-electron chi connectivity index (χ1n) is 7.71. The van der Waals surface area contributed by atoms with Crippen molar-refractivity contribution in [3.63, 3.8) is 0 Å². The third-order valence-electron chi connectivity index (χ3n) is 3.88. The van der Waals surface area contributed by atoms with Crippen LogP contribution in [0.15, 0.2) is 23.0 Å². The number of carbonyl (C=O) groups is 4. The predicted octanol–water partition coefficient (Wildman–Crippen LogP) is 0.934. The van der Waals surface area contributed by atoms with Gasteiger partial charge in [-0.2, -0.15) is 0 Å². The van der Waals surface area contributed by atoms with E-state index < -0.39 is 23.9 Å². The lowest BCUT2D eigenvalue weighted by molar-refractivity contribution is -0.147. The molecule has 0 saturated carbocycles. The Hall–Kier alpha value is -3.18. The Morgan fingerprint density at radius 3 is 2.67 bits per heavy atom. The molecule has 1 aliphatic heterocycles. The molecule has 2 amide bonds. The van der Waals surface area contributed by atoms with Crippen LogP contribution in [0.4, 0.5) is 5.00 Å². The molecular formula is C16H14N2O8S. The second-order valence-electron chi connectivity index (χ2n) is 5.63. The number of furan rings is 1. The van der Waals surface area contributed by atoms with E-state index in [1.165, 1.54) is 18.6 Å². The minimum Gasteiger partial charge on any atom is -0.478 e. The third-order valence-corrected chi connectivity index (χ3v) is 5.00. The van der Waals surface area contributed by atoms with Gasteiger partial charge in [-0.05, 0) is 11.6 Å². The van der Waals surface area contributed by atoms with Gasteiger partial charge in [0.2, 0.25) is 0 Å². The van der Waals surface area contributed by atoms with Gasteiger partial charge in [-0.3, -0.25) is 9.59 Å². The summed E-state index contributed by atoms with van der Waals surface area (Å²) >= 11 is 0.960. The SMILES string of the molecule is O=C(O)C(=O)Nc1sc2c(c1C(=O)O)CC(CNC(=O)c1ccoc1)OC2. The summed E-state index contributed by atoms with van der Waals surface area (Å²) < 4.78 is 10.5. The molecular weight excluding hydrogens is 380 g/mol. The number of hydrogen-bond acceptors (Lipinski definition) is 7. The zero-order valence-electron chi connectivity index (χ0n) is 13.7. The Labute approximate surface area is 155 Å². The number of aromatic carboxylic acids is 1. The number of fused-ring (bicyclic) bond motifs is 1. The van der Waals surface area contributed by atoms with E-state index in [0.29, 0.717) is 16.0 Å². The molecule has 0 fully saturated rings. The van der Waals surface area contributed by atoms with Crippen LogP contribution >= 0.6 is 11.3 Å². The van der Waals surface area contributed by atoms with Gasteiger partial charge in [-0.15, -0.1) is 11.3 Å². The van der Waals surface area contributed by atoms with E-state index in [1.54, 1.807) is 0 Å². The highest BCUT2D eigenvalue weighted by Crippen LogP contribution is 2.37. The molecule has 4 N–H and O–H groups in total. The number of anilines is 1. The van der Waals surface area contributed by atoms with Gasteiger partial charge in [0.05, 0.1) is 30.1 Å². The monoisotopic (exact) mass is 394 g/mol. The van der Waals surface area contributed by atoms with Crippen molar-refractivity contribution in [2.24, 2.45) is 0 Å². The van der Waals surface area contributed by atoms with Crippen LogP contribution < -0.4 is 10.6 Å². The molecule has 0 aromatic carbocycles. The molecule has 3 rings (SSSR count). The molecule has 27 heavy (non-hydrogen) atoms. The molecule has 2 aromatic rings. The largest absolute Gasteiger partial charge is 0.478 e. The maximum Gasteiger partial charge on any atom is 0.394 e. The van der Waals surface area contributed by atoms with Gasteiger partial charge in [0.15, 0.2) is 0 Å². The van der Waals surface area contributed by atoms with Gasteiger partial charge < -0.3 is 30.0 Å². The van der Waals surface area contributed by atoms with Gasteiger partial charge in [0, 0.05) is 17.8 Å². The smallest absolute Gasteiger partial charge is 0.394 e. The lowest BCUT2D eigenvalue weighted by Crippen LogP contribution is -2.36. The fourth-order valence-corrected chi connectivity index (χ4v) is 3.77. The maximum atomic E-state index is 11.9. The van der Waals surface area contributed by atoms with Crippen LogP contribution in [0.3, 0.4) is 0 Å². The number of amides is 2. The Bertz CT molecular complexity index is 902. The standard InChI is InChI=1S/C16H14N2O8S/c19-12(7-1-2-25-5-7)17-4-8-3-9-10(6-26-8)27-14(11(9)15(21)22)18-13(20)16(23)24/h1-2,5,8H,3-4,6H2,(H,17,19)(H,18,20)(H,21,22)(H,23,24). The van der Waals surface area contributed by atoms with E-state index in [9.17, 15) is 24.3 Å². The molecule has 0 aliphatic carbocycles. The number of ether oxygens (including phenoxy) is 1. The summed E-state index contributed by atoms with van der Waals surface area (Å²) in [5.41, 5.74) is 0.660. The highest BCUT2D eigenvalue weighted by atomic mass is 32.1. The van der Waals surface area contributed by atoms with Crippen LogP contribution in [0.2, 0.25) is 0 Å². The summed E-state index contributed by atoms with van der Waals surface area (Å²) in [6.45, 7) is 0.241. The average molecular weight is 394 g/mol. The lowest BCUT2D eigenvalue weighted by Gasteiger charge is -2.23. The Morgan fingerprint density at radius 2 is 2.04 bits per heavy atom. The first-order chi connectivity index (χ1) is 12.9. The maximum absolute atomic E-state index is 11.9. The van der Waals surface area contributed by atoms with Crippen LogP contribution in [0.25, 0.3) is 0 Å². The summed E-state index contributed by atoms with van der Waals surface area (Å²) in [7, 11) is 0. The predicted molar refractivity (Wildman–Crippen MR) is 90.9 cm³/mol. The zero-order chi connectivity index (χ0) is 19.6. The van der Waals surface area contributed by atoms with Gasteiger partial charge in [0.25, 0.3) is 5.91 Å². The van der Waals surface area contributed by atoms with Crippen molar-refractivity contribution in [1.82, 2.24) is 5.32 Å². The van der Waals surface area contributed by atoms with E-state index in [4.69, 9.17) is 14.3 Å². The van der Waals surface area contributed by atoms with Crippen molar-refractivity contribution in [3.05, 3.63) is 40.2 Å². The van der Waals surface area contributed by atoms with E-state index in [-0.39, 0.29) is 36.0 Å². The van der Waals surface area contributed by atoms with Crippen molar-refractivity contribution in [1.29, 1.82) is 0 Å². The van der Waals surface area contributed by atoms with Gasteiger partial charge >= 0.3 is 17.8 Å². The number of rotatable bonds is 5. The topological polar surface area (TPSA) is 155 Å². The van der Waals surface area contributed by atoms with Crippen molar-refractivity contribution < 1.29 is 38.5 Å². The molecule has 1 aliphatic rings. The van der Waals surface area contributed by atoms with Gasteiger partial charge in [-0.25, -0.2) is 9.59 Å². The molecule has 0 bridgehead atoms. The van der Waals surface area contributed by atoms with Crippen LogP contribution in [0, 0.1) is 0 Å². The Morgan fingerprint density at radius 1 is 1.26 bits per heavy atom. The molecule has 3 heterocycles. The fraction of sp³-hybridized carbons (Fsp3) is 0.250. The fourth-order valence-electron chi connectivity index (χ4n) is 2.63. The quantitative estimate of drug-likeness (QED) is 0.546. The summed E-state index contributed by atoms with van der Waals surface area (Å²) in [6, 6.07) is 1.51. The highest BCUT2D eigenvalue weighted by Gasteiger charge is 2.31. The second kappa shape index (κ2) is 7.60. The van der Waals surface area contributed by atoms with E-state index >= 15 is 0 Å². The van der Waals surface area contributed by atoms with Crippen molar-refractivity contribution in [2.75, 3.05) is 11.9 Å². The van der Waals surface area contributed by atoms with Crippen LogP contribution in [-0.4, -0.2) is 46.6 Å². The lowest BCUT2D eigenvalue weighted by atomic mass is 10.0. The van der Waals surface area contributed by atoms with Crippen molar-refractivity contribution >= 4 is 40.1 Å². The van der Waals surface area contributed by atoms with Gasteiger partial charge in [-0.1, -0.05) is 0 Å². The van der Waals surface area contributed by atoms with Crippen LogP contribution in [0.1, 0.15) is 31.2 Å². The van der Waals surface area contributed by atoms with Crippen molar-refractivity contribution in [3.8, 4) is 0 Å². The third kappa shape index (κ3) is 3.99. The molecule has 2 aromatic heterocycles. The summed E-state index contributed by atoms with van der Waals surface area (Å²) in [4.78, 5) is 46.2. The minimum absolute atomic E-state index is 0.0495. The number of carboxylic acids is 2. The molecule has 11 heteroatoms. The number of nitrogens with one attached hydrogen (secondary N) is 2. The van der Waals surface area contributed by atoms with E-state index in [0.717, 1.165) is 11.3 Å². The molecule has 10 nitrogen and oxygen atoms in total. The molecule has 1 atom stereocenters. The zero-order valence-corrected chi connectivity index (χ0v) is 14.5. The number of carboxylic acid groups (broad SMARTS) is 2. The number of hydrogen-bond donors (Lipinski definition) is 4. The minimum atomic E-state index is -1.71. The van der Waals surface area contributed by atoms with E-state index in [1.807, 2.05) is 0 Å². The van der Waals surface area contributed by atoms with E-state index in [2.05, 4.69) is 10.6 Å². The van der Waals surface area contributed by atoms with Crippen molar-refractivity contribution in [2.45, 2.75) is 19.1 Å². The van der Waals surface area contributed by atoms with Crippen LogP contribution in [-0.2, 0) is 27.4 Å². The van der Waals surface area contributed by atoms with Gasteiger partial charge in [0.1, 0.15) is 11.3 Å². The van der Waals surface area contributed by atoms with Crippen LogP contribution in [0.5, 0.6) is 0 Å². The summed E-state index contributed by atoms with van der Waals surface area (Å²) in [6.07, 6.45) is 2.40. The molecule has 142 valence electrons. The summed E-state index contributed by atoms with van der Waals surface area (Å²) in [5, 5.41) is 22.9. The molecule has 0 radical (unpaired) electrons. The number of aliphatic carboxylic acids is 1. The number of carbonyl (C=O) groups excluding carboxylic acids is 2. The first-order valence-corrected chi connectivity index (χ1v) is 8.52. The summed E-state index contributed by atoms with van der Waals surface area (Å²) in [5.74, 6) is -4.66. The normalized spacial score (nSPS) is 15.6. The molecule has 1 unspecified atom stereocenters. The Kier molecular flexibility index (Phi) is 5.23. The molecule has 0 spiro atoms. The number of thiophene rings is 1.